The number of sulfonamides is 1. The van der Waals surface area contributed by atoms with Crippen LogP contribution < -0.4 is 5.32 Å². The van der Waals surface area contributed by atoms with E-state index >= 15 is 0 Å². The van der Waals surface area contributed by atoms with Gasteiger partial charge >= 0.3 is 0 Å². The van der Waals surface area contributed by atoms with E-state index in [0.717, 1.165) is 6.07 Å². The molecule has 1 aromatic rings. The van der Waals surface area contributed by atoms with E-state index in [4.69, 9.17) is 0 Å². The lowest BCUT2D eigenvalue weighted by atomic mass is 10.1. The Morgan fingerprint density at radius 2 is 1.71 bits per heavy atom. The second kappa shape index (κ2) is 5.90. The first-order valence-corrected chi connectivity index (χ1v) is 8.39. The summed E-state index contributed by atoms with van der Waals surface area (Å²) in [5.41, 5.74) is 0.165. The maximum atomic E-state index is 12.0. The largest absolute Gasteiger partial charge is 0.508 e. The number of benzene rings is 1. The third kappa shape index (κ3) is 4.08. The number of carbonyl (C=O) groups excluding carboxylic acids is 1. The highest BCUT2D eigenvalue weighted by molar-refractivity contribution is 7.88. The van der Waals surface area contributed by atoms with Crippen molar-refractivity contribution in [2.24, 2.45) is 0 Å². The summed E-state index contributed by atoms with van der Waals surface area (Å²) in [6, 6.07) is 3.54. The van der Waals surface area contributed by atoms with Crippen LogP contribution in [-0.4, -0.2) is 54.2 Å². The van der Waals surface area contributed by atoms with Gasteiger partial charge in [-0.3, -0.25) is 4.79 Å². The summed E-state index contributed by atoms with van der Waals surface area (Å²) in [5.74, 6) is -0.780. The third-order valence-corrected chi connectivity index (χ3v) is 4.73. The summed E-state index contributed by atoms with van der Waals surface area (Å²) in [6.07, 6.45) is 2.23. The number of hydrogen-bond donors (Lipinski definition) is 3. The molecule has 1 amide bonds. The van der Waals surface area contributed by atoms with Crippen LogP contribution >= 0.6 is 0 Å². The first kappa shape index (κ1) is 15.6. The van der Waals surface area contributed by atoms with E-state index in [9.17, 15) is 23.4 Å². The van der Waals surface area contributed by atoms with Gasteiger partial charge in [-0.2, -0.15) is 0 Å². The van der Waals surface area contributed by atoms with Crippen LogP contribution in [0.15, 0.2) is 18.2 Å². The number of phenols is 2. The normalized spacial score (nSPS) is 17.6. The maximum absolute atomic E-state index is 12.0. The van der Waals surface area contributed by atoms with E-state index in [-0.39, 0.29) is 23.1 Å². The molecule has 21 heavy (non-hydrogen) atoms. The molecule has 0 radical (unpaired) electrons. The molecule has 0 spiro atoms. The fourth-order valence-electron chi connectivity index (χ4n) is 2.33. The van der Waals surface area contributed by atoms with Crippen molar-refractivity contribution < 1.29 is 23.4 Å². The summed E-state index contributed by atoms with van der Waals surface area (Å²) >= 11 is 0. The highest BCUT2D eigenvalue weighted by atomic mass is 32.2. The Labute approximate surface area is 123 Å². The van der Waals surface area contributed by atoms with Crippen LogP contribution in [0.25, 0.3) is 0 Å². The van der Waals surface area contributed by atoms with Crippen molar-refractivity contribution in [3.63, 3.8) is 0 Å². The zero-order valence-electron chi connectivity index (χ0n) is 11.6. The van der Waals surface area contributed by atoms with Crippen molar-refractivity contribution in [3.8, 4) is 11.5 Å². The van der Waals surface area contributed by atoms with E-state index in [1.165, 1.54) is 22.7 Å². The average Bonchev–Trinajstić information content (AvgIpc) is 2.37. The molecule has 3 N–H and O–H groups in total. The fraction of sp³-hybridized carbons (Fsp3) is 0.462. The lowest BCUT2D eigenvalue weighted by Crippen LogP contribution is -2.46. The van der Waals surface area contributed by atoms with Crippen LogP contribution in [0.2, 0.25) is 0 Å². The van der Waals surface area contributed by atoms with Gasteiger partial charge in [-0.1, -0.05) is 0 Å². The Bertz CT molecular complexity index is 616. The van der Waals surface area contributed by atoms with E-state index in [1.54, 1.807) is 0 Å². The van der Waals surface area contributed by atoms with E-state index in [2.05, 4.69) is 5.32 Å². The van der Waals surface area contributed by atoms with Crippen molar-refractivity contribution >= 4 is 15.9 Å². The van der Waals surface area contributed by atoms with Gasteiger partial charge < -0.3 is 15.5 Å². The Hall–Kier alpha value is -1.80. The average molecular weight is 314 g/mol. The smallest absolute Gasteiger partial charge is 0.251 e. The van der Waals surface area contributed by atoms with E-state index in [0.29, 0.717) is 25.9 Å². The van der Waals surface area contributed by atoms with Gasteiger partial charge in [0.1, 0.15) is 11.5 Å². The first-order valence-electron chi connectivity index (χ1n) is 6.55. The molecule has 116 valence electrons. The number of aromatic hydroxyl groups is 2. The van der Waals surface area contributed by atoms with Gasteiger partial charge in [0.2, 0.25) is 10.0 Å². The molecule has 1 heterocycles. The Balaban J connectivity index is 1.96. The molecule has 8 heteroatoms. The maximum Gasteiger partial charge on any atom is 0.251 e. The second-order valence-electron chi connectivity index (χ2n) is 5.15. The molecule has 0 atom stereocenters. The second-order valence-corrected chi connectivity index (χ2v) is 7.13. The van der Waals surface area contributed by atoms with Crippen LogP contribution in [0.1, 0.15) is 23.2 Å². The number of rotatable bonds is 3. The number of hydrogen-bond acceptors (Lipinski definition) is 5. The summed E-state index contributed by atoms with van der Waals surface area (Å²) in [7, 11) is -3.19. The molecule has 1 aromatic carbocycles. The van der Waals surface area contributed by atoms with Gasteiger partial charge in [0.25, 0.3) is 5.91 Å². The molecule has 1 aliphatic heterocycles. The van der Waals surface area contributed by atoms with Gasteiger partial charge in [0.05, 0.1) is 6.26 Å². The van der Waals surface area contributed by atoms with Crippen LogP contribution in [0, 0.1) is 0 Å². The number of phenolic OH excluding ortho intramolecular Hbond substituents is 2. The summed E-state index contributed by atoms with van der Waals surface area (Å²) in [5, 5.41) is 21.5. The SMILES string of the molecule is CS(=O)(=O)N1CCC(NC(=O)c2cc(O)cc(O)c2)CC1. The van der Waals surface area contributed by atoms with Crippen molar-refractivity contribution in [3.05, 3.63) is 23.8 Å². The minimum absolute atomic E-state index is 0.125. The molecule has 1 aliphatic rings. The molecule has 0 saturated carbocycles. The minimum Gasteiger partial charge on any atom is -0.508 e. The van der Waals surface area contributed by atoms with Crippen molar-refractivity contribution in [2.45, 2.75) is 18.9 Å². The molecule has 1 saturated heterocycles. The highest BCUT2D eigenvalue weighted by Gasteiger charge is 2.26. The minimum atomic E-state index is -3.19. The number of nitrogens with zero attached hydrogens (tertiary/aromatic N) is 1. The molecule has 2 rings (SSSR count). The lowest BCUT2D eigenvalue weighted by Gasteiger charge is -2.30. The standard InChI is InChI=1S/C13H18N2O5S/c1-21(19,20)15-4-2-10(3-5-15)14-13(18)9-6-11(16)8-12(17)7-9/h6-8,10,16-17H,2-5H2,1H3,(H,14,18). The van der Waals surface area contributed by atoms with Gasteiger partial charge in [-0.15, -0.1) is 0 Å². The molecular formula is C13H18N2O5S. The number of amides is 1. The fourth-order valence-corrected chi connectivity index (χ4v) is 3.20. The topological polar surface area (TPSA) is 107 Å². The zero-order valence-corrected chi connectivity index (χ0v) is 12.4. The van der Waals surface area contributed by atoms with Gasteiger partial charge in [-0.05, 0) is 25.0 Å². The van der Waals surface area contributed by atoms with Gasteiger partial charge in [-0.25, -0.2) is 12.7 Å². The number of piperidine rings is 1. The Kier molecular flexibility index (Phi) is 4.38. The Morgan fingerprint density at radius 1 is 1.19 bits per heavy atom. The highest BCUT2D eigenvalue weighted by Crippen LogP contribution is 2.21. The summed E-state index contributed by atoms with van der Waals surface area (Å²) < 4.78 is 24.2. The molecular weight excluding hydrogens is 296 g/mol. The molecule has 0 aliphatic carbocycles. The molecule has 7 nitrogen and oxygen atoms in total. The van der Waals surface area contributed by atoms with Crippen molar-refractivity contribution in [2.75, 3.05) is 19.3 Å². The van der Waals surface area contributed by atoms with Gasteiger partial charge in [0, 0.05) is 30.8 Å². The molecule has 0 aromatic heterocycles. The monoisotopic (exact) mass is 314 g/mol. The van der Waals surface area contributed by atoms with Crippen LogP contribution in [0.3, 0.4) is 0 Å². The number of nitrogens with one attached hydrogen (secondary N) is 1. The lowest BCUT2D eigenvalue weighted by molar-refractivity contribution is 0.0923. The predicted molar refractivity (Wildman–Crippen MR) is 76.7 cm³/mol. The summed E-state index contributed by atoms with van der Waals surface area (Å²) in [6.45, 7) is 0.740. The van der Waals surface area contributed by atoms with E-state index in [1.807, 2.05) is 0 Å². The predicted octanol–water partition coefficient (Wildman–Crippen LogP) is 0.252. The molecule has 1 fully saturated rings. The van der Waals surface area contributed by atoms with Crippen LogP contribution in [0.4, 0.5) is 0 Å². The third-order valence-electron chi connectivity index (χ3n) is 3.42. The molecule has 0 bridgehead atoms. The van der Waals surface area contributed by atoms with Crippen LogP contribution in [-0.2, 0) is 10.0 Å². The Morgan fingerprint density at radius 3 is 2.19 bits per heavy atom. The zero-order chi connectivity index (χ0) is 15.6. The summed E-state index contributed by atoms with van der Waals surface area (Å²) in [4.78, 5) is 12.0. The van der Waals surface area contributed by atoms with Crippen molar-refractivity contribution in [1.82, 2.24) is 9.62 Å². The quantitative estimate of drug-likeness (QED) is 0.741. The van der Waals surface area contributed by atoms with Crippen LogP contribution in [0.5, 0.6) is 11.5 Å². The van der Waals surface area contributed by atoms with Crippen molar-refractivity contribution in [1.29, 1.82) is 0 Å². The number of carbonyl (C=O) groups is 1. The van der Waals surface area contributed by atoms with Gasteiger partial charge in [0.15, 0.2) is 0 Å². The first-order chi connectivity index (χ1) is 9.75. The van der Waals surface area contributed by atoms with E-state index < -0.39 is 15.9 Å². The molecule has 0 unspecified atom stereocenters.